The van der Waals surface area contributed by atoms with Crippen molar-refractivity contribution in [2.45, 2.75) is 13.8 Å². The number of aromatic nitrogens is 1. The summed E-state index contributed by atoms with van der Waals surface area (Å²) in [5.74, 6) is 1.15. The minimum absolute atomic E-state index is 0.422. The van der Waals surface area contributed by atoms with Crippen LogP contribution in [0.15, 0.2) is 38.6 Å². The van der Waals surface area contributed by atoms with E-state index in [1.165, 1.54) is 11.1 Å². The molecular weight excluding hydrogens is 336 g/mol. The number of nitrogens with two attached hydrogens (primary N) is 1. The summed E-state index contributed by atoms with van der Waals surface area (Å²) in [5.41, 5.74) is 10.2. The smallest absolute Gasteiger partial charge is 0.186 e. The Labute approximate surface area is 129 Å². The maximum Gasteiger partial charge on any atom is 0.186 e. The first-order valence-corrected chi connectivity index (χ1v) is 7.75. The van der Waals surface area contributed by atoms with Crippen LogP contribution in [0.25, 0.3) is 21.8 Å². The molecule has 2 N–H and O–H groups in total. The topological polar surface area (TPSA) is 52.0 Å². The van der Waals surface area contributed by atoms with E-state index in [1.807, 2.05) is 12.1 Å². The molecule has 2 heterocycles. The van der Waals surface area contributed by atoms with Gasteiger partial charge in [0.1, 0.15) is 0 Å². The van der Waals surface area contributed by atoms with Crippen molar-refractivity contribution in [1.29, 1.82) is 0 Å². The monoisotopic (exact) mass is 348 g/mol. The molecule has 0 spiro atoms. The highest BCUT2D eigenvalue weighted by Gasteiger charge is 2.19. The van der Waals surface area contributed by atoms with Crippen LogP contribution in [0.3, 0.4) is 0 Å². The van der Waals surface area contributed by atoms with Crippen molar-refractivity contribution >= 4 is 33.1 Å². The summed E-state index contributed by atoms with van der Waals surface area (Å²) < 4.78 is 6.54. The highest BCUT2D eigenvalue weighted by Crippen LogP contribution is 2.42. The third-order valence-corrected chi connectivity index (χ3v) is 5.28. The third kappa shape index (κ3) is 2.27. The number of nitrogen functional groups attached to an aromatic ring is 1. The van der Waals surface area contributed by atoms with Crippen LogP contribution in [0.1, 0.15) is 11.1 Å². The normalized spacial score (nSPS) is 10.9. The molecule has 20 heavy (non-hydrogen) atoms. The minimum Gasteiger partial charge on any atom is -0.380 e. The van der Waals surface area contributed by atoms with E-state index in [9.17, 15) is 0 Å². The molecule has 1 aromatic carbocycles. The van der Waals surface area contributed by atoms with E-state index in [0.717, 1.165) is 25.6 Å². The zero-order valence-corrected chi connectivity index (χ0v) is 13.5. The summed E-state index contributed by atoms with van der Waals surface area (Å²) in [4.78, 5) is 1.02. The first kappa shape index (κ1) is 13.4. The van der Waals surface area contributed by atoms with E-state index in [0.29, 0.717) is 5.82 Å². The second-order valence-electron chi connectivity index (χ2n) is 4.71. The van der Waals surface area contributed by atoms with Gasteiger partial charge in [-0.1, -0.05) is 35.0 Å². The highest BCUT2D eigenvalue weighted by molar-refractivity contribution is 9.11. The van der Waals surface area contributed by atoms with Crippen LogP contribution in [-0.2, 0) is 0 Å². The van der Waals surface area contributed by atoms with E-state index in [1.54, 1.807) is 11.3 Å². The molecule has 0 radical (unpaired) electrons. The van der Waals surface area contributed by atoms with Crippen LogP contribution in [0, 0.1) is 13.8 Å². The fourth-order valence-corrected chi connectivity index (χ4v) is 3.56. The summed E-state index contributed by atoms with van der Waals surface area (Å²) in [6.07, 6.45) is 0. The van der Waals surface area contributed by atoms with E-state index in [2.05, 4.69) is 53.1 Å². The molecule has 3 nitrogen and oxygen atoms in total. The fraction of sp³-hybridized carbons (Fsp3) is 0.133. The van der Waals surface area contributed by atoms with Crippen LogP contribution < -0.4 is 5.73 Å². The van der Waals surface area contributed by atoms with E-state index in [4.69, 9.17) is 10.3 Å². The molecule has 0 saturated carbocycles. The number of thiophene rings is 1. The van der Waals surface area contributed by atoms with Gasteiger partial charge in [0, 0.05) is 0 Å². The molecule has 0 fully saturated rings. The lowest BCUT2D eigenvalue weighted by molar-refractivity contribution is 0.437. The number of aryl methyl sites for hydroxylation is 2. The quantitative estimate of drug-likeness (QED) is 0.706. The Morgan fingerprint density at radius 1 is 1.20 bits per heavy atom. The zero-order chi connectivity index (χ0) is 14.3. The zero-order valence-electron chi connectivity index (χ0n) is 11.1. The van der Waals surface area contributed by atoms with Gasteiger partial charge in [-0.2, -0.15) is 0 Å². The number of nitrogens with zero attached hydrogens (tertiary/aromatic N) is 1. The van der Waals surface area contributed by atoms with E-state index in [-0.39, 0.29) is 0 Å². The van der Waals surface area contributed by atoms with Crippen molar-refractivity contribution in [1.82, 2.24) is 5.16 Å². The standard InChI is InChI=1S/C15H13BrN2OS/c1-8-3-5-10(6-4-8)12-13(19-18-15(12)17)11-7-9(2)14(16)20-11/h3-7H,1-2H3,(H2,17,18). The van der Waals surface area contributed by atoms with E-state index >= 15 is 0 Å². The van der Waals surface area contributed by atoms with Crippen LogP contribution in [0.2, 0.25) is 0 Å². The highest BCUT2D eigenvalue weighted by atomic mass is 79.9. The van der Waals surface area contributed by atoms with Gasteiger partial charge in [0.2, 0.25) is 0 Å². The predicted molar refractivity (Wildman–Crippen MR) is 86.8 cm³/mol. The van der Waals surface area contributed by atoms with Gasteiger partial charge in [-0.15, -0.1) is 11.3 Å². The minimum atomic E-state index is 0.422. The molecule has 0 aliphatic heterocycles. The first-order valence-electron chi connectivity index (χ1n) is 6.14. The lowest BCUT2D eigenvalue weighted by Crippen LogP contribution is -1.88. The Balaban J connectivity index is 2.16. The van der Waals surface area contributed by atoms with Crippen LogP contribution in [0.4, 0.5) is 5.82 Å². The molecule has 0 saturated heterocycles. The Hall–Kier alpha value is -1.59. The molecule has 0 aliphatic rings. The molecule has 0 unspecified atom stereocenters. The number of benzene rings is 1. The Kier molecular flexibility index (Phi) is 3.40. The van der Waals surface area contributed by atoms with Gasteiger partial charge in [-0.05, 0) is 47.0 Å². The molecule has 3 rings (SSSR count). The van der Waals surface area contributed by atoms with Crippen molar-refractivity contribution in [2.24, 2.45) is 0 Å². The van der Waals surface area contributed by atoms with Crippen LogP contribution >= 0.6 is 27.3 Å². The van der Waals surface area contributed by atoms with Crippen molar-refractivity contribution in [3.05, 3.63) is 45.2 Å². The summed E-state index contributed by atoms with van der Waals surface area (Å²) in [6.45, 7) is 4.11. The average molecular weight is 349 g/mol. The van der Waals surface area contributed by atoms with Crippen molar-refractivity contribution in [3.8, 4) is 21.8 Å². The third-order valence-electron chi connectivity index (χ3n) is 3.14. The molecule has 0 atom stereocenters. The van der Waals surface area contributed by atoms with E-state index < -0.39 is 0 Å². The summed E-state index contributed by atoms with van der Waals surface area (Å²) >= 11 is 5.16. The molecule has 0 amide bonds. The molecular formula is C15H13BrN2OS. The first-order chi connectivity index (χ1) is 9.56. The van der Waals surface area contributed by atoms with Gasteiger partial charge in [0.25, 0.3) is 0 Å². The fourth-order valence-electron chi connectivity index (χ4n) is 2.04. The molecule has 3 aromatic rings. The average Bonchev–Trinajstić information content (AvgIpc) is 2.95. The summed E-state index contributed by atoms with van der Waals surface area (Å²) in [5, 5.41) is 3.92. The number of anilines is 1. The molecule has 0 aliphatic carbocycles. The molecule has 2 aromatic heterocycles. The van der Waals surface area contributed by atoms with Crippen molar-refractivity contribution < 1.29 is 4.52 Å². The van der Waals surface area contributed by atoms with Crippen LogP contribution in [0.5, 0.6) is 0 Å². The number of rotatable bonds is 2. The van der Waals surface area contributed by atoms with Gasteiger partial charge < -0.3 is 10.3 Å². The maximum atomic E-state index is 5.98. The lowest BCUT2D eigenvalue weighted by Gasteiger charge is -2.01. The lowest BCUT2D eigenvalue weighted by atomic mass is 10.0. The van der Waals surface area contributed by atoms with Gasteiger partial charge in [-0.3, -0.25) is 0 Å². The Morgan fingerprint density at radius 3 is 2.50 bits per heavy atom. The second kappa shape index (κ2) is 5.07. The largest absolute Gasteiger partial charge is 0.380 e. The Bertz CT molecular complexity index is 739. The molecule has 0 bridgehead atoms. The van der Waals surface area contributed by atoms with Crippen molar-refractivity contribution in [3.63, 3.8) is 0 Å². The second-order valence-corrected chi connectivity index (χ2v) is 7.08. The Morgan fingerprint density at radius 2 is 1.90 bits per heavy atom. The van der Waals surface area contributed by atoms with Crippen molar-refractivity contribution in [2.75, 3.05) is 5.73 Å². The predicted octanol–water partition coefficient (Wildman–Crippen LogP) is 5.03. The van der Waals surface area contributed by atoms with Crippen LogP contribution in [-0.4, -0.2) is 5.16 Å². The SMILES string of the molecule is Cc1ccc(-c2c(N)noc2-c2cc(C)c(Br)s2)cc1. The molecule has 102 valence electrons. The number of hydrogen-bond acceptors (Lipinski definition) is 4. The van der Waals surface area contributed by atoms with Gasteiger partial charge in [0.05, 0.1) is 14.2 Å². The summed E-state index contributed by atoms with van der Waals surface area (Å²) in [6, 6.07) is 10.3. The maximum absolute atomic E-state index is 5.98. The summed E-state index contributed by atoms with van der Waals surface area (Å²) in [7, 11) is 0. The number of hydrogen-bond donors (Lipinski definition) is 1. The number of halogens is 1. The van der Waals surface area contributed by atoms with Gasteiger partial charge >= 0.3 is 0 Å². The van der Waals surface area contributed by atoms with Gasteiger partial charge in [-0.25, -0.2) is 0 Å². The molecule has 5 heteroatoms. The van der Waals surface area contributed by atoms with Gasteiger partial charge in [0.15, 0.2) is 11.6 Å².